The number of rotatable bonds is 17. The number of benzene rings is 3. The second-order valence-electron chi connectivity index (χ2n) is 16.4. The van der Waals surface area contributed by atoms with Crippen LogP contribution < -0.4 is 25.9 Å². The summed E-state index contributed by atoms with van der Waals surface area (Å²) in [5, 5.41) is 34.5. The van der Waals surface area contributed by atoms with E-state index in [1.54, 1.807) is 24.5 Å². The summed E-state index contributed by atoms with van der Waals surface area (Å²) in [7, 11) is -9.22. The van der Waals surface area contributed by atoms with Crippen LogP contribution in [0.3, 0.4) is 0 Å². The molecule has 5 aromatic rings. The van der Waals surface area contributed by atoms with E-state index in [4.69, 9.17) is 24.7 Å². The molecular weight excluding hydrogens is 981 g/mol. The third kappa shape index (κ3) is 10.9. The molecule has 3 aliphatic rings. The molecule has 1 amide bonds. The Kier molecular flexibility index (Phi) is 14.0. The zero-order valence-electron chi connectivity index (χ0n) is 37.5. The van der Waals surface area contributed by atoms with Crippen molar-refractivity contribution in [3.8, 4) is 33.7 Å². The van der Waals surface area contributed by atoms with Gasteiger partial charge in [0, 0.05) is 85.3 Å². The van der Waals surface area contributed by atoms with Crippen LogP contribution >= 0.6 is 23.5 Å². The number of carboxylic acids is 1. The maximum Gasteiger partial charge on any atom is 0.490 e. The van der Waals surface area contributed by atoms with Crippen LogP contribution in [-0.4, -0.2) is 125 Å². The number of hydrogen-bond acceptors (Lipinski definition) is 17. The first-order valence-electron chi connectivity index (χ1n) is 20.9. The first-order chi connectivity index (χ1) is 33.0. The van der Waals surface area contributed by atoms with Crippen LogP contribution in [0.25, 0.3) is 55.7 Å². The number of carbonyl (C=O) groups is 2. The third-order valence-electron chi connectivity index (χ3n) is 11.1. The van der Waals surface area contributed by atoms with E-state index in [2.05, 4.69) is 38.7 Å². The fourth-order valence-electron chi connectivity index (χ4n) is 7.90. The number of nitrogens with zero attached hydrogens (tertiary/aromatic N) is 8. The standard InChI is InChI=1S/C41H45N10O16P3/c1-48(2)23-7-10-26-32(15-23)64-33-16-24(49(3)4)8-11-27(33)36(26)25-9-6-22(14-28(25)41(54)55)40(53)43-12-5-13-50-19-30(46-47-50)29-18-51(39-37(29)38(42)44-21-45-39)35-17-31(52)34(65-35)20-63-69(59,60)67-70(61,62)66-68(56,57)58/h6-11,14-16,18-19,21,31,34-35,52H,5,12-13,17,20H2,1-4H3,(H7-,42,43,44,45,53,54,55,56,57,58,59,60,61,62)/p+1/t31-,34+,35+/m0/s1. The Bertz CT molecular complexity index is 3370. The number of aliphatic hydroxyl groups is 1. The lowest BCUT2D eigenvalue weighted by atomic mass is 9.89. The number of phosphoric acid groups is 3. The number of anilines is 2. The van der Waals surface area contributed by atoms with Gasteiger partial charge in [0.2, 0.25) is 5.36 Å². The minimum atomic E-state index is -5.77. The number of phosphoric ester groups is 1. The molecule has 1 aliphatic carbocycles. The maximum absolute atomic E-state index is 13.5. The molecule has 0 spiro atoms. The topological polar surface area (TPSA) is 363 Å². The molecule has 70 heavy (non-hydrogen) atoms. The van der Waals surface area contributed by atoms with Crippen molar-refractivity contribution in [1.29, 1.82) is 0 Å². The van der Waals surface area contributed by atoms with Crippen LogP contribution in [0.5, 0.6) is 0 Å². The van der Waals surface area contributed by atoms with Gasteiger partial charge in [0.05, 0.1) is 35.9 Å². The molecule has 5 heterocycles. The van der Waals surface area contributed by atoms with E-state index in [9.17, 15) is 43.3 Å². The summed E-state index contributed by atoms with van der Waals surface area (Å²) in [5.74, 6) is -1.08. The molecule has 1 saturated heterocycles. The van der Waals surface area contributed by atoms with Gasteiger partial charge in [-0.05, 0) is 42.3 Å². The molecule has 1 fully saturated rings. The molecule has 26 nitrogen and oxygen atoms in total. The fraction of sp³-hybridized carbons (Fsp3) is 0.293. The summed E-state index contributed by atoms with van der Waals surface area (Å²) in [6.45, 7) is -0.413. The zero-order valence-corrected chi connectivity index (χ0v) is 40.1. The van der Waals surface area contributed by atoms with Crippen LogP contribution in [0.2, 0.25) is 0 Å². The summed E-state index contributed by atoms with van der Waals surface area (Å²) in [5.41, 5.74) is 10.6. The van der Waals surface area contributed by atoms with Gasteiger partial charge in [-0.15, -0.1) is 5.10 Å². The van der Waals surface area contributed by atoms with Crippen molar-refractivity contribution in [2.24, 2.45) is 0 Å². The number of fused-ring (bicyclic) bond motifs is 3. The first-order valence-corrected chi connectivity index (χ1v) is 25.5. The van der Waals surface area contributed by atoms with Crippen molar-refractivity contribution in [3.05, 3.63) is 89.8 Å². The van der Waals surface area contributed by atoms with Crippen LogP contribution in [-0.2, 0) is 38.1 Å². The lowest BCUT2D eigenvalue weighted by molar-refractivity contribution is -0.0421. The molecule has 8 rings (SSSR count). The predicted molar refractivity (Wildman–Crippen MR) is 249 cm³/mol. The van der Waals surface area contributed by atoms with Gasteiger partial charge >= 0.3 is 29.4 Å². The Balaban J connectivity index is 0.944. The minimum Gasteiger partial charge on any atom is -0.478 e. The van der Waals surface area contributed by atoms with Crippen LogP contribution in [0.1, 0.15) is 39.8 Å². The third-order valence-corrected chi connectivity index (χ3v) is 14.9. The van der Waals surface area contributed by atoms with Gasteiger partial charge in [0.1, 0.15) is 61.3 Å². The molecule has 2 aromatic carbocycles. The van der Waals surface area contributed by atoms with Gasteiger partial charge in [-0.1, -0.05) is 11.3 Å². The van der Waals surface area contributed by atoms with Crippen molar-refractivity contribution < 1.29 is 75.4 Å². The number of aliphatic hydroxyl groups excluding tert-OH is 1. The molecular formula is C41H46N10O16P3+. The molecule has 370 valence electrons. The van der Waals surface area contributed by atoms with Crippen molar-refractivity contribution in [1.82, 2.24) is 39.4 Å². The van der Waals surface area contributed by atoms with Crippen molar-refractivity contribution in [2.45, 2.75) is 37.8 Å². The Morgan fingerprint density at radius 2 is 1.71 bits per heavy atom. The minimum absolute atomic E-state index is 0.0658. The molecule has 2 unspecified atom stereocenters. The summed E-state index contributed by atoms with van der Waals surface area (Å²) in [6, 6.07) is 16.0. The van der Waals surface area contributed by atoms with E-state index in [0.717, 1.165) is 11.0 Å². The number of amides is 1. The number of carboxylic acid groups (broad SMARTS) is 1. The second kappa shape index (κ2) is 19.5. The Hall–Kier alpha value is -6.24. The molecule has 29 heteroatoms. The van der Waals surface area contributed by atoms with E-state index >= 15 is 0 Å². The van der Waals surface area contributed by atoms with Gasteiger partial charge in [0.15, 0.2) is 0 Å². The Labute approximate surface area is 396 Å². The molecule has 0 bridgehead atoms. The van der Waals surface area contributed by atoms with Gasteiger partial charge in [-0.3, -0.25) is 14.0 Å². The summed E-state index contributed by atoms with van der Waals surface area (Å²) >= 11 is 0. The second-order valence-corrected chi connectivity index (χ2v) is 20.8. The summed E-state index contributed by atoms with van der Waals surface area (Å²) in [4.78, 5) is 73.5. The lowest BCUT2D eigenvalue weighted by Gasteiger charge is -2.19. The van der Waals surface area contributed by atoms with Crippen LogP contribution in [0.4, 0.5) is 11.5 Å². The molecule has 3 aromatic heterocycles. The van der Waals surface area contributed by atoms with E-state index in [-0.39, 0.29) is 42.1 Å². The number of nitrogen functional groups attached to an aromatic ring is 1. The Morgan fingerprint density at radius 1 is 0.957 bits per heavy atom. The first kappa shape index (κ1) is 50.2. The highest BCUT2D eigenvalue weighted by Gasteiger charge is 2.43. The normalized spacial score (nSPS) is 18.0. The summed E-state index contributed by atoms with van der Waals surface area (Å²) < 4.78 is 64.3. The number of aromatic carboxylic acids is 1. The summed E-state index contributed by atoms with van der Waals surface area (Å²) in [6.07, 6.45) is 1.01. The predicted octanol–water partition coefficient (Wildman–Crippen LogP) is 3.40. The van der Waals surface area contributed by atoms with Gasteiger partial charge in [-0.25, -0.2) is 33.0 Å². The van der Waals surface area contributed by atoms with Crippen LogP contribution in [0.15, 0.2) is 77.7 Å². The van der Waals surface area contributed by atoms with Gasteiger partial charge < -0.3 is 59.5 Å². The smallest absolute Gasteiger partial charge is 0.478 e. The number of nitrogens with one attached hydrogen (secondary N) is 1. The number of ether oxygens (including phenoxy) is 1. The fourth-order valence-corrected chi connectivity index (χ4v) is 10.9. The highest BCUT2D eigenvalue weighted by molar-refractivity contribution is 7.66. The highest BCUT2D eigenvalue weighted by Crippen LogP contribution is 2.66. The number of hydrogen-bond donors (Lipinski definition) is 8. The number of carbonyl (C=O) groups excluding carboxylic acids is 1. The average molecular weight is 1030 g/mol. The van der Waals surface area contributed by atoms with Crippen molar-refractivity contribution in [2.75, 3.05) is 52.0 Å². The number of aryl methyl sites for hydroxylation is 1. The number of nitrogens with two attached hydrogens (primary N) is 1. The monoisotopic (exact) mass is 1030 g/mol. The molecule has 0 saturated carbocycles. The van der Waals surface area contributed by atoms with E-state index in [1.165, 1.54) is 21.6 Å². The van der Waals surface area contributed by atoms with E-state index in [1.807, 2.05) is 74.1 Å². The largest absolute Gasteiger partial charge is 0.490 e. The Morgan fingerprint density at radius 3 is 2.43 bits per heavy atom. The SMILES string of the molecule is CN(C)c1ccc2c(-c3ccc(C(=O)NCCCn4cc(-c5cn([C@H]6C[C@H](O)[C@@H](COP(=O)(O)OP(=O)(O)OP(=O)(O)O)O6)c6ncnc(N)c56)nn4)cc3C(=O)O)c3ccc(=[N+](C)C)cc-3oc2c1. The average Bonchev–Trinajstić information content (AvgIpc) is 4.01. The molecule has 5 atom stereocenters. The molecule has 9 N–H and O–H groups in total. The molecule has 0 radical (unpaired) electrons. The zero-order chi connectivity index (χ0) is 50.4. The quantitative estimate of drug-likeness (QED) is 0.0280. The van der Waals surface area contributed by atoms with E-state index < -0.39 is 60.4 Å². The van der Waals surface area contributed by atoms with Crippen molar-refractivity contribution in [3.63, 3.8) is 0 Å². The molecule has 2 aliphatic heterocycles. The maximum atomic E-state index is 13.5. The van der Waals surface area contributed by atoms with Gasteiger partial charge in [0.25, 0.3) is 5.91 Å². The van der Waals surface area contributed by atoms with Crippen LogP contribution in [0, 0.1) is 0 Å². The number of aromatic nitrogens is 6. The highest BCUT2D eigenvalue weighted by atomic mass is 31.3. The van der Waals surface area contributed by atoms with Gasteiger partial charge in [-0.2, -0.15) is 8.62 Å². The van der Waals surface area contributed by atoms with E-state index in [0.29, 0.717) is 56.5 Å². The van der Waals surface area contributed by atoms with Crippen molar-refractivity contribution >= 4 is 68.9 Å². The lowest BCUT2D eigenvalue weighted by Crippen LogP contribution is -2.26.